The first kappa shape index (κ1) is 19.2. The second kappa shape index (κ2) is 9.97. The highest BCUT2D eigenvalue weighted by molar-refractivity contribution is 5.61. The van der Waals surface area contributed by atoms with E-state index < -0.39 is 11.7 Å². The summed E-state index contributed by atoms with van der Waals surface area (Å²) in [5.74, 6) is -0.110. The van der Waals surface area contributed by atoms with E-state index in [1.165, 1.54) is 5.56 Å². The molecule has 0 bridgehead atoms. The van der Waals surface area contributed by atoms with Gasteiger partial charge in [0.05, 0.1) is 0 Å². The van der Waals surface area contributed by atoms with Crippen LogP contribution in [0.2, 0.25) is 0 Å². The molecule has 0 unspecified atom stereocenters. The number of unbranched alkanes of at least 4 members (excludes halogenated alkanes) is 2. The number of hydrogen-bond donors (Lipinski definition) is 0. The van der Waals surface area contributed by atoms with E-state index in [1.807, 2.05) is 31.2 Å². The number of rotatable bonds is 9. The molecule has 0 aromatic heterocycles. The molecule has 0 heterocycles. The van der Waals surface area contributed by atoms with E-state index in [0.29, 0.717) is 12.2 Å². The van der Waals surface area contributed by atoms with Gasteiger partial charge in [-0.3, -0.25) is 0 Å². The zero-order valence-electron chi connectivity index (χ0n) is 15.0. The van der Waals surface area contributed by atoms with Gasteiger partial charge in [-0.05, 0) is 54.8 Å². The lowest BCUT2D eigenvalue weighted by Gasteiger charge is -2.08. The smallest absolute Gasteiger partial charge is 0.161 e. The average molecular weight is 344 g/mol. The van der Waals surface area contributed by atoms with Gasteiger partial charge in [-0.2, -0.15) is 0 Å². The van der Waals surface area contributed by atoms with Crippen molar-refractivity contribution in [2.45, 2.75) is 52.4 Å². The Hall–Kier alpha value is -2.16. The third-order valence-electron chi connectivity index (χ3n) is 4.04. The van der Waals surface area contributed by atoms with Crippen LogP contribution in [0.5, 0.6) is 11.5 Å². The van der Waals surface area contributed by atoms with E-state index in [2.05, 4.69) is 6.92 Å². The maximum atomic E-state index is 14.1. The molecule has 0 N–H and O–H groups in total. The topological polar surface area (TPSA) is 9.23 Å². The molecule has 0 fully saturated rings. The summed E-state index contributed by atoms with van der Waals surface area (Å²) < 4.78 is 33.7. The molecule has 2 aromatic rings. The van der Waals surface area contributed by atoms with Gasteiger partial charge in [-0.1, -0.05) is 45.2 Å². The fraction of sp³-hybridized carbons (Fsp3) is 0.364. The van der Waals surface area contributed by atoms with Crippen molar-refractivity contribution in [3.8, 4) is 11.5 Å². The summed E-state index contributed by atoms with van der Waals surface area (Å²) >= 11 is 0. The molecule has 25 heavy (non-hydrogen) atoms. The van der Waals surface area contributed by atoms with Crippen LogP contribution in [-0.2, 0) is 6.42 Å². The molecule has 134 valence electrons. The number of benzene rings is 2. The number of hydrogen-bond acceptors (Lipinski definition) is 1. The Morgan fingerprint density at radius 2 is 1.40 bits per heavy atom. The van der Waals surface area contributed by atoms with Gasteiger partial charge >= 0.3 is 0 Å². The molecular formula is C22H26F2O. The van der Waals surface area contributed by atoms with Crippen molar-refractivity contribution >= 4 is 5.83 Å². The van der Waals surface area contributed by atoms with Crippen molar-refractivity contribution in [3.05, 3.63) is 65.5 Å². The highest BCUT2D eigenvalue weighted by Gasteiger charge is 2.09. The zero-order chi connectivity index (χ0) is 18.1. The SMILES string of the molecule is CCCCC/C(F)=C(/F)c1ccc(Oc2ccc(CCC)cc2)cc1. The van der Waals surface area contributed by atoms with Crippen molar-refractivity contribution in [3.63, 3.8) is 0 Å². The number of allylic oxidation sites excluding steroid dienone is 1. The molecule has 0 aliphatic rings. The second-order valence-corrected chi connectivity index (χ2v) is 6.20. The Bertz CT molecular complexity index is 672. The second-order valence-electron chi connectivity index (χ2n) is 6.20. The van der Waals surface area contributed by atoms with Crippen molar-refractivity contribution in [2.24, 2.45) is 0 Å². The Kier molecular flexibility index (Phi) is 7.65. The van der Waals surface area contributed by atoms with Crippen molar-refractivity contribution in [2.75, 3.05) is 0 Å². The van der Waals surface area contributed by atoms with Crippen molar-refractivity contribution < 1.29 is 13.5 Å². The Morgan fingerprint density at radius 3 is 1.96 bits per heavy atom. The standard InChI is InChI=1S/C22H26F2O/c1-3-5-6-8-21(23)22(24)18-11-15-20(16-12-18)25-19-13-9-17(7-4-2)10-14-19/h9-16H,3-8H2,1-2H3/b22-21-. The van der Waals surface area contributed by atoms with Gasteiger partial charge < -0.3 is 4.74 Å². The van der Waals surface area contributed by atoms with Gasteiger partial charge in [0.15, 0.2) is 5.83 Å². The fourth-order valence-corrected chi connectivity index (χ4v) is 2.61. The maximum Gasteiger partial charge on any atom is 0.161 e. The van der Waals surface area contributed by atoms with E-state index in [4.69, 9.17) is 4.74 Å². The van der Waals surface area contributed by atoms with Crippen LogP contribution in [0.25, 0.3) is 5.83 Å². The molecule has 0 saturated heterocycles. The summed E-state index contributed by atoms with van der Waals surface area (Å²) in [6.07, 6.45) is 4.87. The minimum Gasteiger partial charge on any atom is -0.457 e. The maximum absolute atomic E-state index is 14.1. The van der Waals surface area contributed by atoms with Crippen LogP contribution in [0, 0.1) is 0 Å². The number of aryl methyl sites for hydroxylation is 1. The minimum absolute atomic E-state index is 0.155. The van der Waals surface area contributed by atoms with Crippen LogP contribution in [0.3, 0.4) is 0 Å². The normalized spacial score (nSPS) is 12.0. The van der Waals surface area contributed by atoms with Gasteiger partial charge in [0, 0.05) is 12.0 Å². The van der Waals surface area contributed by atoms with Crippen LogP contribution in [0.15, 0.2) is 54.4 Å². The van der Waals surface area contributed by atoms with Gasteiger partial charge in [0.25, 0.3) is 0 Å². The van der Waals surface area contributed by atoms with Gasteiger partial charge in [0.2, 0.25) is 0 Å². The molecule has 1 nitrogen and oxygen atoms in total. The summed E-state index contributed by atoms with van der Waals surface area (Å²) in [6, 6.07) is 14.4. The Balaban J connectivity index is 2.00. The third-order valence-corrected chi connectivity index (χ3v) is 4.04. The summed E-state index contributed by atoms with van der Waals surface area (Å²) in [5.41, 5.74) is 1.52. The molecular weight excluding hydrogens is 318 g/mol. The van der Waals surface area contributed by atoms with Gasteiger partial charge in [-0.15, -0.1) is 0 Å². The first-order valence-electron chi connectivity index (χ1n) is 9.05. The highest BCUT2D eigenvalue weighted by atomic mass is 19.2. The van der Waals surface area contributed by atoms with Gasteiger partial charge in [-0.25, -0.2) is 8.78 Å². The molecule has 0 aliphatic heterocycles. The minimum atomic E-state index is -0.772. The monoisotopic (exact) mass is 344 g/mol. The van der Waals surface area contributed by atoms with Crippen LogP contribution >= 0.6 is 0 Å². The van der Waals surface area contributed by atoms with Crippen LogP contribution in [0.1, 0.15) is 57.1 Å². The molecule has 0 saturated carbocycles. The zero-order valence-corrected chi connectivity index (χ0v) is 15.0. The molecule has 0 spiro atoms. The lowest BCUT2D eigenvalue weighted by atomic mass is 10.1. The highest BCUT2D eigenvalue weighted by Crippen LogP contribution is 2.28. The van der Waals surface area contributed by atoms with Gasteiger partial charge in [0.1, 0.15) is 17.3 Å². The fourth-order valence-electron chi connectivity index (χ4n) is 2.61. The Labute approximate surface area is 149 Å². The van der Waals surface area contributed by atoms with Crippen molar-refractivity contribution in [1.29, 1.82) is 0 Å². The molecule has 0 radical (unpaired) electrons. The number of ether oxygens (including phenoxy) is 1. The molecule has 2 aromatic carbocycles. The predicted molar refractivity (Wildman–Crippen MR) is 100 cm³/mol. The first-order valence-corrected chi connectivity index (χ1v) is 9.05. The summed E-state index contributed by atoms with van der Waals surface area (Å²) in [4.78, 5) is 0. The lowest BCUT2D eigenvalue weighted by molar-refractivity contribution is 0.482. The third kappa shape index (κ3) is 6.00. The van der Waals surface area contributed by atoms with E-state index in [9.17, 15) is 8.78 Å². The number of halogens is 2. The molecule has 0 amide bonds. The van der Waals surface area contributed by atoms with E-state index in [0.717, 1.165) is 31.4 Å². The molecule has 3 heteroatoms. The largest absolute Gasteiger partial charge is 0.457 e. The molecule has 2 rings (SSSR count). The lowest BCUT2D eigenvalue weighted by Crippen LogP contribution is -1.88. The quantitative estimate of drug-likeness (QED) is 0.425. The summed E-state index contributed by atoms with van der Waals surface area (Å²) in [5, 5.41) is 0. The molecule has 0 atom stereocenters. The van der Waals surface area contributed by atoms with E-state index in [-0.39, 0.29) is 12.0 Å². The average Bonchev–Trinajstić information content (AvgIpc) is 2.64. The van der Waals surface area contributed by atoms with Crippen LogP contribution < -0.4 is 4.74 Å². The Morgan fingerprint density at radius 1 is 0.800 bits per heavy atom. The summed E-state index contributed by atoms with van der Waals surface area (Å²) in [7, 11) is 0. The van der Waals surface area contributed by atoms with Crippen LogP contribution in [0.4, 0.5) is 8.78 Å². The predicted octanol–water partition coefficient (Wildman–Crippen LogP) is 7.62. The first-order chi connectivity index (χ1) is 12.1. The van der Waals surface area contributed by atoms with E-state index >= 15 is 0 Å². The molecule has 0 aliphatic carbocycles. The summed E-state index contributed by atoms with van der Waals surface area (Å²) in [6.45, 7) is 4.18. The van der Waals surface area contributed by atoms with E-state index in [1.54, 1.807) is 24.3 Å². The van der Waals surface area contributed by atoms with Crippen molar-refractivity contribution in [1.82, 2.24) is 0 Å². The van der Waals surface area contributed by atoms with Crippen LogP contribution in [-0.4, -0.2) is 0 Å².